The van der Waals surface area contributed by atoms with Gasteiger partial charge in [0.2, 0.25) is 17.9 Å². The van der Waals surface area contributed by atoms with Gasteiger partial charge < -0.3 is 14.8 Å². The molecule has 8 nitrogen and oxygen atoms in total. The topological polar surface area (TPSA) is 90.6 Å². The van der Waals surface area contributed by atoms with Gasteiger partial charge in [-0.3, -0.25) is 4.79 Å². The number of fused-ring (bicyclic) bond motifs is 2. The van der Waals surface area contributed by atoms with E-state index in [-0.39, 0.29) is 18.5 Å². The normalized spacial score (nSPS) is 12.5. The third kappa shape index (κ3) is 4.35. The second-order valence-electron chi connectivity index (χ2n) is 7.22. The molecule has 0 saturated heterocycles. The molecule has 2 aromatic heterocycles. The van der Waals surface area contributed by atoms with Crippen LogP contribution in [0.3, 0.4) is 0 Å². The van der Waals surface area contributed by atoms with Gasteiger partial charge in [0.15, 0.2) is 11.5 Å². The Labute approximate surface area is 179 Å². The van der Waals surface area contributed by atoms with Crippen LogP contribution in [0.5, 0.6) is 11.5 Å². The van der Waals surface area contributed by atoms with Crippen molar-refractivity contribution in [3.63, 3.8) is 0 Å². The van der Waals surface area contributed by atoms with Crippen LogP contribution in [0.4, 0.5) is 0 Å². The molecule has 1 aliphatic rings. The van der Waals surface area contributed by atoms with Gasteiger partial charge >= 0.3 is 0 Å². The summed E-state index contributed by atoms with van der Waals surface area (Å²) in [5.41, 5.74) is 4.25. The average molecular weight is 428 g/mol. The molecule has 158 valence electrons. The van der Waals surface area contributed by atoms with Gasteiger partial charge in [-0.25, -0.2) is 9.50 Å². The van der Waals surface area contributed by atoms with Crippen LogP contribution in [0.25, 0.3) is 5.78 Å². The summed E-state index contributed by atoms with van der Waals surface area (Å²) in [5, 5.41) is 8.01. The zero-order chi connectivity index (χ0) is 21.1. The molecule has 1 aliphatic heterocycles. The third-order valence-corrected chi connectivity index (χ3v) is 5.91. The Morgan fingerprint density at radius 1 is 1.23 bits per heavy atom. The number of nitrogens with zero attached hydrogens (tertiary/aromatic N) is 4. The van der Waals surface area contributed by atoms with Crippen molar-refractivity contribution in [1.82, 2.24) is 24.9 Å². The SMILES string of the molecule is CCCCc1c(C)nc2nc(SCC(=O)NCc3ccc4c(c3)OCO4)nn2c1C. The van der Waals surface area contributed by atoms with E-state index in [9.17, 15) is 4.79 Å². The van der Waals surface area contributed by atoms with Gasteiger partial charge in [-0.2, -0.15) is 4.98 Å². The van der Waals surface area contributed by atoms with Crippen LogP contribution in [-0.2, 0) is 17.8 Å². The Bertz CT molecular complexity index is 1080. The maximum atomic E-state index is 12.3. The van der Waals surface area contributed by atoms with Gasteiger partial charge in [-0.1, -0.05) is 31.2 Å². The lowest BCUT2D eigenvalue weighted by Crippen LogP contribution is -2.24. The molecule has 0 bridgehead atoms. The summed E-state index contributed by atoms with van der Waals surface area (Å²) in [5.74, 6) is 2.17. The fourth-order valence-corrected chi connectivity index (χ4v) is 4.05. The first-order valence-corrected chi connectivity index (χ1v) is 11.0. The molecule has 3 heterocycles. The molecule has 0 saturated carbocycles. The first kappa shape index (κ1) is 20.5. The minimum absolute atomic E-state index is 0.0824. The van der Waals surface area contributed by atoms with Crippen molar-refractivity contribution in [2.75, 3.05) is 12.5 Å². The fraction of sp³-hybridized carbons (Fsp3) is 0.429. The average Bonchev–Trinajstić information content (AvgIpc) is 3.37. The first-order chi connectivity index (χ1) is 14.5. The van der Waals surface area contributed by atoms with Crippen LogP contribution in [0.2, 0.25) is 0 Å². The molecule has 0 unspecified atom stereocenters. The summed E-state index contributed by atoms with van der Waals surface area (Å²) in [4.78, 5) is 21.3. The Balaban J connectivity index is 1.36. The van der Waals surface area contributed by atoms with Crippen molar-refractivity contribution in [1.29, 1.82) is 0 Å². The van der Waals surface area contributed by atoms with Gasteiger partial charge in [0, 0.05) is 17.9 Å². The van der Waals surface area contributed by atoms with Crippen molar-refractivity contribution in [2.24, 2.45) is 0 Å². The van der Waals surface area contributed by atoms with Crippen LogP contribution in [0, 0.1) is 13.8 Å². The van der Waals surface area contributed by atoms with E-state index in [1.54, 1.807) is 4.52 Å². The first-order valence-electron chi connectivity index (χ1n) is 10.1. The maximum absolute atomic E-state index is 12.3. The molecule has 0 spiro atoms. The van der Waals surface area contributed by atoms with Crippen molar-refractivity contribution in [3.8, 4) is 11.5 Å². The Morgan fingerprint density at radius 2 is 2.07 bits per heavy atom. The van der Waals surface area contributed by atoms with Crippen molar-refractivity contribution in [3.05, 3.63) is 40.7 Å². The van der Waals surface area contributed by atoms with Crippen molar-refractivity contribution in [2.45, 2.75) is 51.7 Å². The lowest BCUT2D eigenvalue weighted by molar-refractivity contribution is -0.118. The fourth-order valence-electron chi connectivity index (χ4n) is 3.40. The third-order valence-electron chi connectivity index (χ3n) is 5.07. The molecule has 4 rings (SSSR count). The number of unbranched alkanes of at least 4 members (excludes halogenated alkanes) is 1. The quantitative estimate of drug-likeness (QED) is 0.552. The molecule has 1 aromatic carbocycles. The number of carbonyl (C=O) groups excluding carboxylic acids is 1. The van der Waals surface area contributed by atoms with Gasteiger partial charge in [0.25, 0.3) is 5.78 Å². The highest BCUT2D eigenvalue weighted by atomic mass is 32.2. The summed E-state index contributed by atoms with van der Waals surface area (Å²) in [7, 11) is 0. The Hall–Kier alpha value is -2.81. The van der Waals surface area contributed by atoms with Crippen LogP contribution in [-0.4, -0.2) is 38.0 Å². The summed E-state index contributed by atoms with van der Waals surface area (Å²) in [6.45, 7) is 6.91. The molecule has 1 amide bonds. The Kier molecular flexibility index (Phi) is 6.08. The van der Waals surface area contributed by atoms with Crippen LogP contribution in [0.15, 0.2) is 23.4 Å². The van der Waals surface area contributed by atoms with Crippen LogP contribution in [0.1, 0.15) is 42.3 Å². The molecular weight excluding hydrogens is 402 g/mol. The van der Waals surface area contributed by atoms with Crippen LogP contribution >= 0.6 is 11.8 Å². The molecule has 0 radical (unpaired) electrons. The van der Waals surface area contributed by atoms with Crippen molar-refractivity contribution < 1.29 is 14.3 Å². The predicted molar refractivity (Wildman–Crippen MR) is 114 cm³/mol. The highest BCUT2D eigenvalue weighted by molar-refractivity contribution is 7.99. The van der Waals surface area contributed by atoms with Gasteiger partial charge in [0.1, 0.15) is 0 Å². The predicted octanol–water partition coefficient (Wildman–Crippen LogP) is 3.22. The van der Waals surface area contributed by atoms with E-state index in [0.29, 0.717) is 23.2 Å². The van der Waals surface area contributed by atoms with E-state index < -0.39 is 0 Å². The second kappa shape index (κ2) is 8.91. The number of carbonyl (C=O) groups is 1. The highest BCUT2D eigenvalue weighted by Crippen LogP contribution is 2.32. The monoisotopic (exact) mass is 427 g/mol. The van der Waals surface area contributed by atoms with Crippen molar-refractivity contribution >= 4 is 23.4 Å². The number of rotatable bonds is 8. The summed E-state index contributed by atoms with van der Waals surface area (Å²) in [6, 6.07) is 5.65. The summed E-state index contributed by atoms with van der Waals surface area (Å²) < 4.78 is 12.4. The number of ether oxygens (including phenoxy) is 2. The molecular formula is C21H25N5O3S. The zero-order valence-corrected chi connectivity index (χ0v) is 18.2. The van der Waals surface area contributed by atoms with E-state index in [4.69, 9.17) is 9.47 Å². The minimum atomic E-state index is -0.0824. The largest absolute Gasteiger partial charge is 0.454 e. The van der Waals surface area contributed by atoms with E-state index in [1.807, 2.05) is 32.0 Å². The highest BCUT2D eigenvalue weighted by Gasteiger charge is 2.15. The van der Waals surface area contributed by atoms with Gasteiger partial charge in [-0.05, 0) is 49.9 Å². The number of nitrogens with one attached hydrogen (secondary N) is 1. The standard InChI is InChI=1S/C21H25N5O3S/c1-4-5-6-16-13(2)23-20-24-21(25-26(20)14(16)3)30-11-19(27)22-10-15-7-8-17-18(9-15)29-12-28-17/h7-9H,4-6,10-12H2,1-3H3,(H,22,27). The lowest BCUT2D eigenvalue weighted by atomic mass is 10.1. The maximum Gasteiger partial charge on any atom is 0.253 e. The molecule has 3 aromatic rings. The number of aromatic nitrogens is 4. The second-order valence-corrected chi connectivity index (χ2v) is 8.17. The molecule has 30 heavy (non-hydrogen) atoms. The van der Waals surface area contributed by atoms with E-state index in [2.05, 4.69) is 27.3 Å². The molecule has 9 heteroatoms. The van der Waals surface area contributed by atoms with Crippen LogP contribution < -0.4 is 14.8 Å². The molecule has 0 atom stereocenters. The van der Waals surface area contributed by atoms with Gasteiger partial charge in [-0.15, -0.1) is 5.10 Å². The summed E-state index contributed by atoms with van der Waals surface area (Å²) in [6.07, 6.45) is 3.24. The van der Waals surface area contributed by atoms with Gasteiger partial charge in [0.05, 0.1) is 5.75 Å². The van der Waals surface area contributed by atoms with E-state index >= 15 is 0 Å². The molecule has 1 N–H and O–H groups in total. The van der Waals surface area contributed by atoms with E-state index in [1.165, 1.54) is 17.3 Å². The number of thioether (sulfide) groups is 1. The number of amides is 1. The number of benzene rings is 1. The lowest BCUT2D eigenvalue weighted by Gasteiger charge is -2.09. The molecule has 0 aliphatic carbocycles. The zero-order valence-electron chi connectivity index (χ0n) is 17.4. The Morgan fingerprint density at radius 3 is 2.90 bits per heavy atom. The minimum Gasteiger partial charge on any atom is -0.454 e. The smallest absolute Gasteiger partial charge is 0.253 e. The number of hydrogen-bond donors (Lipinski definition) is 1. The number of hydrogen-bond acceptors (Lipinski definition) is 7. The molecule has 0 fully saturated rings. The van der Waals surface area contributed by atoms with E-state index in [0.717, 1.165) is 42.0 Å². The summed E-state index contributed by atoms with van der Waals surface area (Å²) >= 11 is 1.31. The number of aryl methyl sites for hydroxylation is 2.